The lowest BCUT2D eigenvalue weighted by molar-refractivity contribution is 0.0545. The first-order valence-corrected chi connectivity index (χ1v) is 8.56. The molecular weight excluding hydrogens is 260 g/mol. The SMILES string of the molecule is CC(C)C1OCCC1CNC(=O)NC1CCCSC1. The molecule has 0 aromatic rings. The number of amides is 2. The number of hydrogen-bond acceptors (Lipinski definition) is 3. The number of rotatable bonds is 4. The minimum Gasteiger partial charge on any atom is -0.378 e. The number of nitrogens with one attached hydrogen (secondary N) is 2. The Hall–Kier alpha value is -0.420. The molecule has 0 saturated carbocycles. The Morgan fingerprint density at radius 2 is 2.26 bits per heavy atom. The summed E-state index contributed by atoms with van der Waals surface area (Å²) in [6.07, 6.45) is 3.68. The zero-order chi connectivity index (χ0) is 13.7. The molecule has 110 valence electrons. The van der Waals surface area contributed by atoms with Crippen LogP contribution in [0.2, 0.25) is 0 Å². The highest BCUT2D eigenvalue weighted by Crippen LogP contribution is 2.26. The van der Waals surface area contributed by atoms with Crippen molar-refractivity contribution >= 4 is 17.8 Å². The molecule has 3 atom stereocenters. The minimum atomic E-state index is -0.0121. The standard InChI is InChI=1S/C14H26N2O2S/c1-10(2)13-11(5-6-18-13)8-15-14(17)16-12-4-3-7-19-9-12/h10-13H,3-9H2,1-2H3,(H2,15,16,17). The lowest BCUT2D eigenvalue weighted by Crippen LogP contribution is -2.46. The van der Waals surface area contributed by atoms with Gasteiger partial charge in [-0.2, -0.15) is 11.8 Å². The number of carbonyl (C=O) groups excluding carboxylic acids is 1. The van der Waals surface area contributed by atoms with Crippen molar-refractivity contribution in [1.82, 2.24) is 10.6 Å². The molecule has 2 fully saturated rings. The highest BCUT2D eigenvalue weighted by atomic mass is 32.2. The number of hydrogen-bond donors (Lipinski definition) is 2. The van der Waals surface area contributed by atoms with E-state index in [-0.39, 0.29) is 6.03 Å². The van der Waals surface area contributed by atoms with Crippen molar-refractivity contribution in [2.24, 2.45) is 11.8 Å². The topological polar surface area (TPSA) is 50.4 Å². The molecule has 0 aliphatic carbocycles. The molecule has 0 radical (unpaired) electrons. The number of ether oxygens (including phenoxy) is 1. The van der Waals surface area contributed by atoms with Crippen LogP contribution in [0.25, 0.3) is 0 Å². The average Bonchev–Trinajstić information content (AvgIpc) is 2.86. The molecule has 0 spiro atoms. The first-order valence-electron chi connectivity index (χ1n) is 7.40. The Kier molecular flexibility index (Phi) is 5.82. The van der Waals surface area contributed by atoms with Crippen LogP contribution in [-0.4, -0.2) is 42.8 Å². The monoisotopic (exact) mass is 286 g/mol. The fraction of sp³-hybridized carbons (Fsp3) is 0.929. The van der Waals surface area contributed by atoms with E-state index in [2.05, 4.69) is 24.5 Å². The largest absolute Gasteiger partial charge is 0.378 e. The van der Waals surface area contributed by atoms with Crippen LogP contribution in [0.15, 0.2) is 0 Å². The molecular formula is C14H26N2O2S. The second-order valence-corrected chi connectivity index (χ2v) is 7.05. The zero-order valence-electron chi connectivity index (χ0n) is 12.0. The van der Waals surface area contributed by atoms with Crippen molar-refractivity contribution in [2.45, 2.75) is 45.3 Å². The second-order valence-electron chi connectivity index (χ2n) is 5.90. The van der Waals surface area contributed by atoms with E-state index in [1.165, 1.54) is 12.2 Å². The molecule has 2 N–H and O–H groups in total. The van der Waals surface area contributed by atoms with Crippen LogP contribution in [0.1, 0.15) is 33.1 Å². The van der Waals surface area contributed by atoms with Gasteiger partial charge in [0.1, 0.15) is 0 Å². The van der Waals surface area contributed by atoms with Crippen LogP contribution < -0.4 is 10.6 Å². The van der Waals surface area contributed by atoms with Gasteiger partial charge in [0.05, 0.1) is 6.10 Å². The summed E-state index contributed by atoms with van der Waals surface area (Å²) in [6.45, 7) is 5.93. The van der Waals surface area contributed by atoms with E-state index in [9.17, 15) is 4.79 Å². The summed E-state index contributed by atoms with van der Waals surface area (Å²) in [5, 5.41) is 6.09. The van der Waals surface area contributed by atoms with Crippen molar-refractivity contribution in [2.75, 3.05) is 24.7 Å². The molecule has 2 heterocycles. The number of carbonyl (C=O) groups is 1. The first-order chi connectivity index (χ1) is 9.16. The highest BCUT2D eigenvalue weighted by molar-refractivity contribution is 7.99. The van der Waals surface area contributed by atoms with E-state index in [0.29, 0.717) is 24.0 Å². The third kappa shape index (κ3) is 4.56. The lowest BCUT2D eigenvalue weighted by Gasteiger charge is -2.25. The molecule has 5 heteroatoms. The second kappa shape index (κ2) is 7.39. The molecule has 2 aliphatic rings. The Labute approximate surface area is 120 Å². The normalized spacial score (nSPS) is 31.4. The zero-order valence-corrected chi connectivity index (χ0v) is 12.8. The van der Waals surface area contributed by atoms with Gasteiger partial charge in [0.25, 0.3) is 0 Å². The van der Waals surface area contributed by atoms with Gasteiger partial charge in [-0.1, -0.05) is 13.8 Å². The van der Waals surface area contributed by atoms with E-state index >= 15 is 0 Å². The lowest BCUT2D eigenvalue weighted by atomic mass is 9.93. The molecule has 4 nitrogen and oxygen atoms in total. The van der Waals surface area contributed by atoms with Crippen molar-refractivity contribution < 1.29 is 9.53 Å². The van der Waals surface area contributed by atoms with E-state index in [4.69, 9.17) is 4.74 Å². The van der Waals surface area contributed by atoms with Gasteiger partial charge in [-0.25, -0.2) is 4.79 Å². The predicted molar refractivity (Wildman–Crippen MR) is 79.6 cm³/mol. The summed E-state index contributed by atoms with van der Waals surface area (Å²) in [7, 11) is 0. The number of urea groups is 1. The maximum atomic E-state index is 11.9. The quantitative estimate of drug-likeness (QED) is 0.833. The van der Waals surface area contributed by atoms with E-state index in [1.807, 2.05) is 11.8 Å². The van der Waals surface area contributed by atoms with Gasteiger partial charge in [-0.3, -0.25) is 0 Å². The van der Waals surface area contributed by atoms with Crippen molar-refractivity contribution in [3.63, 3.8) is 0 Å². The van der Waals surface area contributed by atoms with Gasteiger partial charge < -0.3 is 15.4 Å². The summed E-state index contributed by atoms with van der Waals surface area (Å²) in [5.41, 5.74) is 0. The van der Waals surface area contributed by atoms with Gasteiger partial charge in [0, 0.05) is 30.9 Å². The van der Waals surface area contributed by atoms with Crippen molar-refractivity contribution in [3.8, 4) is 0 Å². The fourth-order valence-corrected chi connectivity index (χ4v) is 4.00. The molecule has 19 heavy (non-hydrogen) atoms. The van der Waals surface area contributed by atoms with Crippen LogP contribution in [0.4, 0.5) is 4.79 Å². The smallest absolute Gasteiger partial charge is 0.315 e. The molecule has 3 unspecified atom stereocenters. The van der Waals surface area contributed by atoms with Crippen LogP contribution in [0, 0.1) is 11.8 Å². The molecule has 2 amide bonds. The maximum Gasteiger partial charge on any atom is 0.315 e. The van der Waals surface area contributed by atoms with Crippen LogP contribution >= 0.6 is 11.8 Å². The summed E-state index contributed by atoms with van der Waals surface area (Å²) in [5.74, 6) is 3.27. The molecule has 0 aromatic heterocycles. The van der Waals surface area contributed by atoms with Gasteiger partial charge in [-0.05, 0) is 30.9 Å². The van der Waals surface area contributed by atoms with Crippen LogP contribution in [0.3, 0.4) is 0 Å². The summed E-state index contributed by atoms with van der Waals surface area (Å²) in [6, 6.07) is 0.335. The third-order valence-corrected chi connectivity index (χ3v) is 5.16. The Morgan fingerprint density at radius 3 is 2.95 bits per heavy atom. The maximum absolute atomic E-state index is 11.9. The Bertz CT molecular complexity index is 293. The summed E-state index contributed by atoms with van der Waals surface area (Å²) in [4.78, 5) is 11.9. The summed E-state index contributed by atoms with van der Waals surface area (Å²) >= 11 is 1.93. The Morgan fingerprint density at radius 1 is 1.42 bits per heavy atom. The third-order valence-electron chi connectivity index (χ3n) is 3.94. The molecule has 2 aliphatic heterocycles. The summed E-state index contributed by atoms with van der Waals surface area (Å²) < 4.78 is 5.73. The fourth-order valence-electron chi connectivity index (χ4n) is 2.93. The van der Waals surface area contributed by atoms with Gasteiger partial charge in [0.2, 0.25) is 0 Å². The van der Waals surface area contributed by atoms with E-state index in [1.54, 1.807) is 0 Å². The molecule has 2 rings (SSSR count). The minimum absolute atomic E-state index is 0.0121. The molecule has 0 aromatic carbocycles. The Balaban J connectivity index is 1.68. The first kappa shape index (κ1) is 15.0. The average molecular weight is 286 g/mol. The highest BCUT2D eigenvalue weighted by Gasteiger charge is 2.30. The predicted octanol–water partition coefficient (Wildman–Crippen LogP) is 2.24. The van der Waals surface area contributed by atoms with Crippen molar-refractivity contribution in [3.05, 3.63) is 0 Å². The van der Waals surface area contributed by atoms with Crippen LogP contribution in [-0.2, 0) is 4.74 Å². The van der Waals surface area contributed by atoms with Gasteiger partial charge in [-0.15, -0.1) is 0 Å². The van der Waals surface area contributed by atoms with Crippen LogP contribution in [0.5, 0.6) is 0 Å². The molecule has 0 bridgehead atoms. The van der Waals surface area contributed by atoms with Crippen molar-refractivity contribution in [1.29, 1.82) is 0 Å². The van der Waals surface area contributed by atoms with E-state index < -0.39 is 0 Å². The van der Waals surface area contributed by atoms with Gasteiger partial charge >= 0.3 is 6.03 Å². The molecule has 2 saturated heterocycles. The van der Waals surface area contributed by atoms with E-state index in [0.717, 1.165) is 31.7 Å². The number of thioether (sulfide) groups is 1. The van der Waals surface area contributed by atoms with Gasteiger partial charge in [0.15, 0.2) is 0 Å².